The number of carboxylic acids is 5. The molecule has 0 saturated carbocycles. The second-order valence-electron chi connectivity index (χ2n) is 25.1. The number of hydrogen-bond donors (Lipinski definition) is 11. The smallest absolute Gasteiger partial charge is 0.340 e. The number of amides is 9. The summed E-state index contributed by atoms with van der Waals surface area (Å²) in [7, 11) is 0. The predicted octanol–water partition coefficient (Wildman–Crippen LogP) is 2.18. The number of nitrogens with one attached hydrogen (secondary N) is 5. The normalized spacial score (nSPS) is 18.0. The number of aliphatic carboxylic acids is 5. The number of primary amides is 1. The molecule has 3 unspecified atom stereocenters. The van der Waals surface area contributed by atoms with Crippen LogP contribution in [0.15, 0.2) is 53.5 Å². The summed E-state index contributed by atoms with van der Waals surface area (Å²) in [5.41, 5.74) is 8.66. The Balaban J connectivity index is 1.33. The molecule has 552 valence electrons. The fraction of sp³-hybridized carbons (Fsp3) is 0.612. The summed E-state index contributed by atoms with van der Waals surface area (Å²) in [6.45, 7) is 7.21. The number of likely N-dealkylation sites (tertiary alicyclic amines) is 2. The van der Waals surface area contributed by atoms with E-state index in [-0.39, 0.29) is 114 Å². The quantitative estimate of drug-likeness (QED) is 0.0335. The number of carbonyl (C=O) groups is 13. The van der Waals surface area contributed by atoms with Crippen molar-refractivity contribution >= 4 is 119 Å². The van der Waals surface area contributed by atoms with Crippen molar-refractivity contribution in [2.24, 2.45) is 22.6 Å². The van der Waals surface area contributed by atoms with Crippen LogP contribution in [0, 0.1) is 11.8 Å². The topological polar surface area (TPSA) is 438 Å². The van der Waals surface area contributed by atoms with E-state index >= 15 is 0 Å². The van der Waals surface area contributed by atoms with Crippen LogP contribution in [0.3, 0.4) is 0 Å². The molecule has 5 rings (SSSR count). The maximum Gasteiger partial charge on any atom is 0.340 e. The van der Waals surface area contributed by atoms with E-state index in [0.717, 1.165) is 23.1 Å². The fourth-order valence-electron chi connectivity index (χ4n) is 11.7. The van der Waals surface area contributed by atoms with Crippen LogP contribution in [0.25, 0.3) is 0 Å². The zero-order valence-corrected chi connectivity index (χ0v) is 59.5. The molecule has 0 radical (unpaired) electrons. The third-order valence-electron chi connectivity index (χ3n) is 17.3. The van der Waals surface area contributed by atoms with E-state index in [9.17, 15) is 87.9 Å². The van der Waals surface area contributed by atoms with Crippen molar-refractivity contribution in [1.82, 2.24) is 51.1 Å². The minimum absolute atomic E-state index is 0.0743. The highest BCUT2D eigenvalue weighted by atomic mass is 32.2. The van der Waals surface area contributed by atoms with Gasteiger partial charge in [-0.1, -0.05) is 75.7 Å². The first-order valence-electron chi connectivity index (χ1n) is 33.9. The van der Waals surface area contributed by atoms with Gasteiger partial charge in [0.05, 0.1) is 19.0 Å². The molecule has 3 aliphatic rings. The van der Waals surface area contributed by atoms with Gasteiger partial charge in [0.1, 0.15) is 36.3 Å². The molecule has 2 aromatic rings. The number of urea groups is 1. The van der Waals surface area contributed by atoms with E-state index in [1.54, 1.807) is 58.9 Å². The van der Waals surface area contributed by atoms with E-state index in [1.165, 1.54) is 51.3 Å². The second-order valence-corrected chi connectivity index (χ2v) is 28.2. The number of hydrogen-bond acceptors (Lipinski definition) is 19. The number of aliphatic imine (C=N–C) groups is 1. The van der Waals surface area contributed by atoms with Crippen LogP contribution in [-0.4, -0.2) is 266 Å². The van der Waals surface area contributed by atoms with Crippen LogP contribution in [-0.2, 0) is 81.2 Å². The SMILES string of the molecule is CCCCNC(=O)N=CC(CSCc1cc(CSCCNC(=O)CCC(C(=O)O)N2CCN(CC(=O)O)CCN(CC(=O)O)CC2)cc(CSCC(NC(=O)[C@H](Cc2ccccc2)NC(=O)[C@H](CCC(=O)O)NC(=O)[C@@H](C)CC)C(=O)O)c1)C(=O)N1CCC[C@H]1C(=O)N1CCC[C@H]1C(N)=O. The Kier molecular flexibility index (Phi) is 36.2. The summed E-state index contributed by atoms with van der Waals surface area (Å²) in [5.74, 6) is -10.0. The molecule has 12 N–H and O–H groups in total. The molecule has 3 fully saturated rings. The number of rotatable bonds is 42. The Labute approximate surface area is 595 Å². The summed E-state index contributed by atoms with van der Waals surface area (Å²) in [6.07, 6.45) is 4.10. The molecule has 3 saturated heterocycles. The zero-order valence-electron chi connectivity index (χ0n) is 57.1. The second kappa shape index (κ2) is 43.7. The van der Waals surface area contributed by atoms with Gasteiger partial charge >= 0.3 is 35.9 Å². The van der Waals surface area contributed by atoms with Crippen LogP contribution in [0.1, 0.15) is 114 Å². The molecule has 0 aromatic heterocycles. The molecular weight excluding hydrogens is 1360 g/mol. The number of thioether (sulfide) groups is 3. The van der Waals surface area contributed by atoms with Gasteiger partial charge in [-0.25, -0.2) is 14.6 Å². The first-order valence-corrected chi connectivity index (χ1v) is 37.3. The average molecular weight is 1460 g/mol. The lowest BCUT2D eigenvalue weighted by molar-refractivity contribution is -0.146. The monoisotopic (exact) mass is 1450 g/mol. The Hall–Kier alpha value is -7.85. The molecular formula is C67H98N12O18S3. The summed E-state index contributed by atoms with van der Waals surface area (Å²) in [5, 5.41) is 62.7. The van der Waals surface area contributed by atoms with E-state index < -0.39 is 126 Å². The van der Waals surface area contributed by atoms with Crippen LogP contribution >= 0.6 is 35.3 Å². The third kappa shape index (κ3) is 29.0. The lowest BCUT2D eigenvalue weighted by Crippen LogP contribution is -2.57. The van der Waals surface area contributed by atoms with Crippen molar-refractivity contribution in [3.05, 3.63) is 70.8 Å². The maximum atomic E-state index is 14.6. The van der Waals surface area contributed by atoms with Gasteiger partial charge in [-0.3, -0.25) is 67.4 Å². The number of carboxylic acid groups (broad SMARTS) is 5. The highest BCUT2D eigenvalue weighted by Crippen LogP contribution is 2.29. The molecule has 2 aromatic carbocycles. The summed E-state index contributed by atoms with van der Waals surface area (Å²) in [6, 6.07) is 6.87. The lowest BCUT2D eigenvalue weighted by atomic mass is 10.0. The first-order chi connectivity index (χ1) is 47.8. The summed E-state index contributed by atoms with van der Waals surface area (Å²) < 4.78 is 0. The fourth-order valence-corrected chi connectivity index (χ4v) is 14.5. The van der Waals surface area contributed by atoms with Crippen molar-refractivity contribution < 1.29 is 87.9 Å². The Bertz CT molecular complexity index is 3130. The van der Waals surface area contributed by atoms with E-state index in [1.807, 2.05) is 25.1 Å². The Morgan fingerprint density at radius 1 is 0.600 bits per heavy atom. The van der Waals surface area contributed by atoms with Crippen molar-refractivity contribution in [2.45, 2.75) is 151 Å². The van der Waals surface area contributed by atoms with Gasteiger partial charge in [0.2, 0.25) is 41.4 Å². The molecule has 9 amide bonds. The van der Waals surface area contributed by atoms with Crippen LogP contribution in [0.4, 0.5) is 4.79 Å². The van der Waals surface area contributed by atoms with Gasteiger partial charge in [0, 0.05) is 131 Å². The largest absolute Gasteiger partial charge is 0.481 e. The van der Waals surface area contributed by atoms with Crippen molar-refractivity contribution in [2.75, 3.05) is 95.8 Å². The van der Waals surface area contributed by atoms with Gasteiger partial charge < -0.3 is 67.7 Å². The Morgan fingerprint density at radius 3 is 1.73 bits per heavy atom. The predicted molar refractivity (Wildman–Crippen MR) is 377 cm³/mol. The van der Waals surface area contributed by atoms with Gasteiger partial charge in [-0.15, -0.1) is 0 Å². The highest BCUT2D eigenvalue weighted by molar-refractivity contribution is 7.99. The average Bonchev–Trinajstić information content (AvgIpc) is 1.63. The number of benzene rings is 2. The van der Waals surface area contributed by atoms with Crippen molar-refractivity contribution in [3.63, 3.8) is 0 Å². The van der Waals surface area contributed by atoms with Gasteiger partial charge in [-0.05, 0) is 73.6 Å². The lowest BCUT2D eigenvalue weighted by Gasteiger charge is -2.31. The molecule has 3 heterocycles. The summed E-state index contributed by atoms with van der Waals surface area (Å²) >= 11 is 4.05. The Morgan fingerprint density at radius 2 is 1.16 bits per heavy atom. The molecule has 33 heteroatoms. The first kappa shape index (κ1) is 82.8. The molecule has 30 nitrogen and oxygen atoms in total. The molecule has 8 atom stereocenters. The molecule has 3 aliphatic heterocycles. The third-order valence-corrected chi connectivity index (χ3v) is 20.6. The number of nitrogens with zero attached hydrogens (tertiary/aromatic N) is 6. The highest BCUT2D eigenvalue weighted by Gasteiger charge is 2.43. The minimum Gasteiger partial charge on any atom is -0.481 e. The maximum absolute atomic E-state index is 14.6. The molecule has 0 aliphatic carbocycles. The summed E-state index contributed by atoms with van der Waals surface area (Å²) in [4.78, 5) is 180. The van der Waals surface area contributed by atoms with Gasteiger partial charge in [-0.2, -0.15) is 35.3 Å². The van der Waals surface area contributed by atoms with E-state index in [2.05, 4.69) is 31.6 Å². The van der Waals surface area contributed by atoms with Gasteiger partial charge in [0.15, 0.2) is 0 Å². The van der Waals surface area contributed by atoms with Crippen LogP contribution < -0.4 is 32.3 Å². The molecule has 0 bridgehead atoms. The van der Waals surface area contributed by atoms with Crippen LogP contribution in [0.2, 0.25) is 0 Å². The molecule has 100 heavy (non-hydrogen) atoms. The van der Waals surface area contributed by atoms with Crippen molar-refractivity contribution in [3.8, 4) is 0 Å². The van der Waals surface area contributed by atoms with Crippen LogP contribution in [0.5, 0.6) is 0 Å². The van der Waals surface area contributed by atoms with Crippen molar-refractivity contribution in [1.29, 1.82) is 0 Å². The standard InChI is InChI=1S/C67H98N12O18S3/c1-4-6-20-70-67(97)71-35-48(63(91)79-23-11-15-53(79)64(92)78-22-10-14-52(78)59(68)87)41-99-39-46-31-45(38-98-30-21-69-55(80)18-17-54(66(95)96)77-28-26-75(36-57(83)84)24-25-76(27-29-77)37-58(85)86)32-47(33-46)40-100-42-51(65(93)94)74-62(90)50(34-44-12-8-7-9-13-44)73-61(89)49(16-19-56(81)82)72-60(88)43(3)5-2/h7-9,12-13,31-33,35,43,48-54H,4-6,10-11,14-30,34,36-42H2,1-3H3,(H2,68,87)(H,69,80)(H,70,97)(H,72,88)(H,73,89)(H,74,90)(H,81,82)(H,83,84)(H,85,86)(H,93,94)(H,95,96)/t43-,48?,49-,50-,51?,52-,53-,54?/m0/s1. The van der Waals surface area contributed by atoms with Gasteiger partial charge in [0.25, 0.3) is 0 Å². The van der Waals surface area contributed by atoms with E-state index in [4.69, 9.17) is 5.73 Å². The minimum atomic E-state index is -1.48. The van der Waals surface area contributed by atoms with E-state index in [0.29, 0.717) is 74.4 Å². The zero-order chi connectivity index (χ0) is 73.3. The number of nitrogens with two attached hydrogens (primary N) is 1. The number of unbranched alkanes of at least 4 members (excludes halogenated alkanes) is 1. The number of carbonyl (C=O) groups excluding carboxylic acids is 8. The molecule has 0 spiro atoms.